The summed E-state index contributed by atoms with van der Waals surface area (Å²) in [5.41, 5.74) is 5.48. The van der Waals surface area contributed by atoms with E-state index in [9.17, 15) is 43.2 Å². The summed E-state index contributed by atoms with van der Waals surface area (Å²) in [5, 5.41) is 66.4. The van der Waals surface area contributed by atoms with E-state index in [0.29, 0.717) is 36.8 Å². The molecule has 39 nitrogen and oxygen atoms in total. The minimum Gasteiger partial charge on any atom is -0.480 e. The molecule has 0 aliphatic carbocycles. The second-order valence-corrected chi connectivity index (χ2v) is 30.5. The van der Waals surface area contributed by atoms with Crippen LogP contribution in [0.3, 0.4) is 0 Å². The molecule has 3 aromatic heterocycles. The van der Waals surface area contributed by atoms with Gasteiger partial charge in [0.1, 0.15) is 61.4 Å². The Bertz CT molecular complexity index is 4920. The number of aliphatic hydroxyl groups is 2. The van der Waals surface area contributed by atoms with Gasteiger partial charge in [-0.05, 0) is 102 Å². The number of H-pyrrole nitrogens is 1. The van der Waals surface area contributed by atoms with E-state index in [1.54, 1.807) is 84.1 Å². The lowest BCUT2D eigenvalue weighted by Crippen LogP contribution is -2.45. The van der Waals surface area contributed by atoms with E-state index < -0.39 is 101 Å². The zero-order chi connectivity index (χ0) is 102. The highest BCUT2D eigenvalue weighted by Gasteiger charge is 2.30. The fourth-order valence-corrected chi connectivity index (χ4v) is 10.1. The number of carboxylic acid groups (broad SMARTS) is 2. The van der Waals surface area contributed by atoms with Crippen molar-refractivity contribution in [3.63, 3.8) is 0 Å². The maximum absolute atomic E-state index is 12.8. The normalized spacial score (nSPS) is 12.5. The average molecular weight is 1890 g/mol. The molecule has 39 heteroatoms. The Hall–Kier alpha value is -14.8. The minimum atomic E-state index is -1.18. The van der Waals surface area contributed by atoms with Crippen LogP contribution >= 0.6 is 0 Å². The molecule has 0 spiro atoms. The van der Waals surface area contributed by atoms with Crippen molar-refractivity contribution in [1.82, 2.24) is 61.3 Å². The van der Waals surface area contributed by atoms with Gasteiger partial charge in [-0.15, -0.1) is 34.9 Å². The van der Waals surface area contributed by atoms with Crippen LogP contribution in [0.15, 0.2) is 211 Å². The zero-order valence-corrected chi connectivity index (χ0v) is 80.1. The molecule has 0 radical (unpaired) electrons. The van der Waals surface area contributed by atoms with Gasteiger partial charge in [0.2, 0.25) is 12.8 Å². The molecule has 6 atom stereocenters. The summed E-state index contributed by atoms with van der Waals surface area (Å²) < 4.78 is 44.2. The Morgan fingerprint density at radius 3 is 1.15 bits per heavy atom. The van der Waals surface area contributed by atoms with E-state index >= 15 is 0 Å². The fraction of sp³-hybridized carbons (Fsp3) is 0.412. The summed E-state index contributed by atoms with van der Waals surface area (Å²) in [6, 6.07) is 52.6. The van der Waals surface area contributed by atoms with Crippen LogP contribution < -0.4 is 16.0 Å². The molecule has 136 heavy (non-hydrogen) atoms. The van der Waals surface area contributed by atoms with Crippen molar-refractivity contribution in [2.75, 3.05) is 27.9 Å². The number of nitrogens with zero attached hydrogens (tertiary/aromatic N) is 10. The van der Waals surface area contributed by atoms with E-state index in [1.807, 2.05) is 210 Å². The molecule has 1 fully saturated rings. The number of carbonyl (C=O) groups excluding carboxylic acids is 7. The molecule has 1 unspecified atom stereocenters. The van der Waals surface area contributed by atoms with Crippen molar-refractivity contribution in [3.8, 4) is 24.7 Å². The lowest BCUT2D eigenvalue weighted by atomic mass is 10.1. The topological polar surface area (TPSA) is 509 Å². The number of aromatic nitrogens is 9. The van der Waals surface area contributed by atoms with Gasteiger partial charge in [-0.3, -0.25) is 4.79 Å². The molecule has 1 aliphatic rings. The number of benzene rings is 6. The van der Waals surface area contributed by atoms with Crippen molar-refractivity contribution in [2.24, 2.45) is 9.98 Å². The van der Waals surface area contributed by atoms with Crippen molar-refractivity contribution in [1.29, 1.82) is 0 Å². The van der Waals surface area contributed by atoms with Crippen LogP contribution in [-0.4, -0.2) is 214 Å². The molecule has 0 bridgehead atoms. The molecule has 3 amide bonds. The number of amides is 3. The highest BCUT2D eigenvalue weighted by molar-refractivity contribution is 5.83. The molecule has 9 aromatic rings. The van der Waals surface area contributed by atoms with Gasteiger partial charge in [0.25, 0.3) is 0 Å². The summed E-state index contributed by atoms with van der Waals surface area (Å²) in [7, 11) is 3.64. The van der Waals surface area contributed by atoms with E-state index in [-0.39, 0.29) is 57.9 Å². The summed E-state index contributed by atoms with van der Waals surface area (Å²) in [6.45, 7) is 27.6. The maximum Gasteiger partial charge on any atom is 0.408 e. The first kappa shape index (κ1) is 119. The van der Waals surface area contributed by atoms with Crippen molar-refractivity contribution in [3.05, 3.63) is 251 Å². The Morgan fingerprint density at radius 1 is 0.485 bits per heavy atom. The second kappa shape index (κ2) is 70.0. The number of nitrogens with one attached hydrogen (secondary N) is 4. The number of carbonyl (C=O) groups is 9. The number of hydrogen-bond donors (Lipinski definition) is 8. The lowest BCUT2D eigenvalue weighted by molar-refractivity contribution is -0.188. The van der Waals surface area contributed by atoms with Crippen LogP contribution in [0, 0.1) is 24.7 Å². The average Bonchev–Trinajstić information content (AvgIpc) is 1.71. The molecule has 8 N–H and O–H groups in total. The highest BCUT2D eigenvalue weighted by atomic mass is 17.2. The number of ether oxygens (including phenoxy) is 8. The quantitative estimate of drug-likeness (QED) is 0.00353. The summed E-state index contributed by atoms with van der Waals surface area (Å²) >= 11 is 0. The Kier molecular flexibility index (Phi) is 61.4. The lowest BCUT2D eigenvalue weighted by Gasteiger charge is -2.22. The maximum atomic E-state index is 12.8. The smallest absolute Gasteiger partial charge is 0.408 e. The van der Waals surface area contributed by atoms with E-state index in [2.05, 4.69) is 93.4 Å². The van der Waals surface area contributed by atoms with Crippen LogP contribution in [0.25, 0.3) is 0 Å². The highest BCUT2D eigenvalue weighted by Crippen LogP contribution is 2.16. The Balaban J connectivity index is 0.000000820. The molecule has 738 valence electrons. The predicted octanol–water partition coefficient (Wildman–Crippen LogP) is 12.7. The van der Waals surface area contributed by atoms with Crippen LogP contribution in [0.5, 0.6) is 0 Å². The third-order valence-corrected chi connectivity index (χ3v) is 16.0. The number of esters is 4. The van der Waals surface area contributed by atoms with E-state index in [4.69, 9.17) is 71.2 Å². The number of aliphatic imine (C=N–C) groups is 2. The number of terminal acetylenes is 2. The standard InChI is InChI=1S/C24H28N4O4.C21H22N4O4.C17H21NO4.C10H15NO4.C9H10O2.C7H10N4O4.C4H8O2.2C2H6.CH4O/c1-24(2,3)32-23(30)25-21(22(29)31-17-19-12-8-5-9-13-19)14-20-16-28(27-26-20)15-18-10-6-4-7-11-18;1-27-29-16-22-20(21(26)28-15-18-10-6-3-7-11-18)12-19-14-25(24-23-19)13-17-8-4-2-5-9-17;1-5-9-14(18-16(20)22-17(2,3)4)15(19)21-12-13-10-7-6-8-11-13;1-5-6-7(8(12)13)11-9(14)15-10(2,3)4;1-8(10)11-7-9-5-3-2-4-6-9;1-14-15-4-8-6(7(12)13)2-5-3-9-11-10-5;5-4-2-1-3-6-4;3*1-2/h4-13,16,21H,14-15,17H2,1-3H3,(H,25,30);2-11,14,16,20H,12-13,15H2,1H3;1,6-8,10-11,14H,9,12H2,2-4H3,(H,18,20);1,7H,6H2,2-4H3,(H,11,14)(H,12,13);2-6H,7H2,1H3;3-4,6H,2H2,1H3,(H,12,13)(H,9,10,11);4-5H,1-3H2;2*1-2H3;2H,1H3/t21-;20-;14-;7-;;6-;;;;/m0010.0..../s1. The molecule has 1 saturated heterocycles. The molecule has 6 aromatic carbocycles. The number of aliphatic carboxylic acids is 2. The van der Waals surface area contributed by atoms with Crippen LogP contribution in [0.1, 0.15) is 173 Å². The minimum absolute atomic E-state index is 0.0346. The van der Waals surface area contributed by atoms with Gasteiger partial charge in [0, 0.05) is 71.6 Å². The van der Waals surface area contributed by atoms with Gasteiger partial charge in [0.05, 0.1) is 50.6 Å². The predicted molar refractivity (Wildman–Crippen MR) is 504 cm³/mol. The number of aromatic amines is 1. The van der Waals surface area contributed by atoms with Crippen molar-refractivity contribution in [2.45, 2.75) is 235 Å². The number of hydrogen-bond acceptors (Lipinski definition) is 31. The van der Waals surface area contributed by atoms with Crippen LogP contribution in [0.2, 0.25) is 0 Å². The summed E-state index contributed by atoms with van der Waals surface area (Å²) in [6.07, 6.45) is 16.8. The molecule has 0 saturated carbocycles. The second-order valence-electron chi connectivity index (χ2n) is 30.5. The number of carboxylic acids is 2. The fourth-order valence-electron chi connectivity index (χ4n) is 10.1. The number of rotatable bonds is 34. The van der Waals surface area contributed by atoms with Gasteiger partial charge in [0.15, 0.2) is 18.4 Å². The van der Waals surface area contributed by atoms with Crippen molar-refractivity contribution >= 4 is 66.9 Å². The largest absolute Gasteiger partial charge is 0.480 e. The first-order valence-corrected chi connectivity index (χ1v) is 43.0. The van der Waals surface area contributed by atoms with Gasteiger partial charge in [-0.1, -0.05) is 220 Å². The summed E-state index contributed by atoms with van der Waals surface area (Å²) in [5.74, 6) is 0.366. The van der Waals surface area contributed by atoms with Gasteiger partial charge < -0.3 is 84.0 Å². The van der Waals surface area contributed by atoms with Gasteiger partial charge in [-0.2, -0.15) is 25.2 Å². The molecule has 4 heterocycles. The van der Waals surface area contributed by atoms with Crippen LogP contribution in [0.4, 0.5) is 14.4 Å². The Labute approximate surface area is 793 Å². The number of aliphatic hydroxyl groups excluding tert-OH is 2. The van der Waals surface area contributed by atoms with Crippen molar-refractivity contribution < 1.29 is 121 Å². The molecular weight excluding hydrogens is 1760 g/mol. The summed E-state index contributed by atoms with van der Waals surface area (Å²) in [4.78, 5) is 130. The van der Waals surface area contributed by atoms with Gasteiger partial charge >= 0.3 is 54.1 Å². The third kappa shape index (κ3) is 58.9. The van der Waals surface area contributed by atoms with Crippen LogP contribution in [-0.2, 0) is 145 Å². The zero-order valence-electron chi connectivity index (χ0n) is 80.1. The molecule has 1 aliphatic heterocycles. The Morgan fingerprint density at radius 2 is 0.824 bits per heavy atom. The monoisotopic (exact) mass is 1890 g/mol. The number of alkyl carbamates (subject to hydrolysis) is 3. The molecular formula is C97H130N14O25. The van der Waals surface area contributed by atoms with Gasteiger partial charge in [-0.25, -0.2) is 57.7 Å². The third-order valence-electron chi connectivity index (χ3n) is 16.0. The SMILES string of the molecule is C#CC[C@@H](NC(=O)OC(C)(C)C)C(=O)OCc1ccccc1.C#CC[C@H](NC(=O)OC(C)(C)C)C(=O)O.CC.CC.CC(=O)OCc1ccccc1.CC(C)(C)OC(=O)N[C@@H](Cc1cn(Cc2ccccc2)nn1)C(=O)OCc1ccccc1.CO.COOC=N[C@@H](Cc1cn(Cc2ccccc2)nn1)C(=O)OCc1ccccc1.COOC=N[C@@H](Cc1cn[nH]n1)C(=O)O.OC1CCCO1. The first-order valence-electron chi connectivity index (χ1n) is 43.0. The molecule has 10 rings (SSSR count). The first-order chi connectivity index (χ1) is 65.0. The van der Waals surface area contributed by atoms with E-state index in [1.165, 1.54) is 27.3 Å². The van der Waals surface area contributed by atoms with E-state index in [0.717, 1.165) is 72.7 Å².